The number of nitrogens with two attached hydrogens (primary N) is 1. The molecule has 4 N–H and O–H groups in total. The molecule has 0 bridgehead atoms. The Morgan fingerprint density at radius 2 is 1.93 bits per heavy atom. The van der Waals surface area contributed by atoms with Gasteiger partial charge >= 0.3 is 0 Å². The molecule has 0 aliphatic carbocycles. The van der Waals surface area contributed by atoms with Crippen molar-refractivity contribution in [1.29, 1.82) is 0 Å². The molecule has 0 spiro atoms. The first-order valence-electron chi connectivity index (χ1n) is 8.55. The molecule has 3 aromatic rings. The molecule has 12 heteroatoms. The number of anilines is 2. The zero-order chi connectivity index (χ0) is 20.8. The van der Waals surface area contributed by atoms with Gasteiger partial charge in [-0.05, 0) is 37.3 Å². The zero-order valence-corrected chi connectivity index (χ0v) is 16.4. The monoisotopic (exact) mass is 414 g/mol. The first-order valence-corrected chi connectivity index (χ1v) is 10.1. The topological polar surface area (TPSA) is 150 Å². The number of allylic oxidation sites excluding steroid dienone is 1. The van der Waals surface area contributed by atoms with E-state index in [0.717, 1.165) is 5.69 Å². The molecule has 1 aliphatic heterocycles. The number of carbonyl (C=O) groups is 1. The normalized spacial score (nSPS) is 16.3. The number of nitrogens with zero attached hydrogens (tertiary/aromatic N) is 5. The molecule has 4 rings (SSSR count). The summed E-state index contributed by atoms with van der Waals surface area (Å²) in [5.74, 6) is 0.147. The van der Waals surface area contributed by atoms with E-state index in [-0.39, 0.29) is 10.8 Å². The van der Waals surface area contributed by atoms with Crippen LogP contribution in [0.4, 0.5) is 11.6 Å². The van der Waals surface area contributed by atoms with Crippen LogP contribution in [0.2, 0.25) is 0 Å². The van der Waals surface area contributed by atoms with Gasteiger partial charge in [0.25, 0.3) is 5.91 Å². The third-order valence-electron chi connectivity index (χ3n) is 4.62. The van der Waals surface area contributed by atoms with Crippen LogP contribution in [0.1, 0.15) is 18.7 Å². The fraction of sp³-hybridized carbons (Fsp3) is 0.176. The molecule has 1 atom stereocenters. The van der Waals surface area contributed by atoms with Crippen LogP contribution in [0.3, 0.4) is 0 Å². The van der Waals surface area contributed by atoms with Gasteiger partial charge in [-0.3, -0.25) is 9.48 Å². The number of benzene rings is 1. The summed E-state index contributed by atoms with van der Waals surface area (Å²) >= 11 is 0. The van der Waals surface area contributed by atoms with E-state index < -0.39 is 16.1 Å². The fourth-order valence-electron chi connectivity index (χ4n) is 3.24. The van der Waals surface area contributed by atoms with Crippen LogP contribution in [0.25, 0.3) is 0 Å². The first-order chi connectivity index (χ1) is 13.8. The maximum atomic E-state index is 13.2. The summed E-state index contributed by atoms with van der Waals surface area (Å²) < 4.78 is 26.1. The summed E-state index contributed by atoms with van der Waals surface area (Å²) in [6, 6.07) is 6.89. The van der Waals surface area contributed by atoms with Gasteiger partial charge in [0.15, 0.2) is 0 Å². The number of primary sulfonamides is 1. The Morgan fingerprint density at radius 1 is 1.21 bits per heavy atom. The second-order valence-corrected chi connectivity index (χ2v) is 8.06. The van der Waals surface area contributed by atoms with Crippen LogP contribution in [0.15, 0.2) is 59.0 Å². The Hall–Kier alpha value is -3.51. The number of aryl methyl sites for hydroxylation is 1. The van der Waals surface area contributed by atoms with Gasteiger partial charge in [0.05, 0.1) is 16.2 Å². The molecule has 0 saturated carbocycles. The molecule has 0 saturated heterocycles. The van der Waals surface area contributed by atoms with Crippen molar-refractivity contribution in [2.24, 2.45) is 12.2 Å². The average Bonchev–Trinajstić information content (AvgIpc) is 3.28. The predicted molar refractivity (Wildman–Crippen MR) is 104 cm³/mol. The van der Waals surface area contributed by atoms with E-state index in [2.05, 4.69) is 25.8 Å². The van der Waals surface area contributed by atoms with Gasteiger partial charge in [0, 0.05) is 24.6 Å². The Morgan fingerprint density at radius 3 is 2.55 bits per heavy atom. The molecule has 1 aliphatic rings. The summed E-state index contributed by atoms with van der Waals surface area (Å²) in [5.41, 5.74) is 2.24. The van der Waals surface area contributed by atoms with Gasteiger partial charge in [-0.15, -0.1) is 0 Å². The number of fused-ring (bicyclic) bond motifs is 1. The SMILES string of the molecule is CC1=C(C(=O)Nc2ccc(S(N)(=O)=O)cc2)[C@H](c2ccnn2C)n2ncnc2N1. The number of rotatable bonds is 4. The molecule has 0 radical (unpaired) electrons. The second-order valence-electron chi connectivity index (χ2n) is 6.50. The van der Waals surface area contributed by atoms with E-state index in [1.54, 1.807) is 29.5 Å². The minimum absolute atomic E-state index is 0.0368. The summed E-state index contributed by atoms with van der Waals surface area (Å²) in [7, 11) is -2.03. The number of sulfonamides is 1. The van der Waals surface area contributed by atoms with Crippen LogP contribution < -0.4 is 15.8 Å². The van der Waals surface area contributed by atoms with Crippen LogP contribution in [-0.4, -0.2) is 38.9 Å². The van der Waals surface area contributed by atoms with Crippen LogP contribution >= 0.6 is 0 Å². The van der Waals surface area contributed by atoms with Crippen molar-refractivity contribution in [2.75, 3.05) is 10.6 Å². The van der Waals surface area contributed by atoms with Crippen LogP contribution in [-0.2, 0) is 21.9 Å². The van der Waals surface area contributed by atoms with Gasteiger partial charge in [-0.25, -0.2) is 18.2 Å². The molecule has 11 nitrogen and oxygen atoms in total. The number of aromatic nitrogens is 5. The Labute approximate surface area is 166 Å². The largest absolute Gasteiger partial charge is 0.328 e. The van der Waals surface area contributed by atoms with Gasteiger partial charge in [-0.2, -0.15) is 15.2 Å². The lowest BCUT2D eigenvalue weighted by Gasteiger charge is -2.28. The van der Waals surface area contributed by atoms with Crippen molar-refractivity contribution in [2.45, 2.75) is 17.9 Å². The lowest BCUT2D eigenvalue weighted by molar-refractivity contribution is -0.113. The minimum atomic E-state index is -3.81. The number of hydrogen-bond donors (Lipinski definition) is 3. The standard InChI is InChI=1S/C17H18N8O3S/c1-10-14(16(26)23-11-3-5-12(6-4-11)29(18,27)28)15(13-7-8-20-24(13)2)25-17(22-10)19-9-21-25/h3-9,15H,1-2H3,(H,23,26)(H2,18,27,28)(H,19,21,22)/t15-/m0/s1. The highest BCUT2D eigenvalue weighted by atomic mass is 32.2. The highest BCUT2D eigenvalue weighted by molar-refractivity contribution is 7.89. The van der Waals surface area contributed by atoms with Crippen molar-refractivity contribution in [1.82, 2.24) is 24.5 Å². The van der Waals surface area contributed by atoms with E-state index in [1.807, 2.05) is 6.07 Å². The van der Waals surface area contributed by atoms with E-state index in [1.165, 1.54) is 30.6 Å². The maximum absolute atomic E-state index is 13.2. The fourth-order valence-corrected chi connectivity index (χ4v) is 3.75. The molecule has 3 heterocycles. The number of carbonyl (C=O) groups excluding carboxylic acids is 1. The highest BCUT2D eigenvalue weighted by Gasteiger charge is 2.35. The number of hydrogen-bond acceptors (Lipinski definition) is 7. The van der Waals surface area contributed by atoms with E-state index in [9.17, 15) is 13.2 Å². The molecular weight excluding hydrogens is 396 g/mol. The molecule has 0 fully saturated rings. The van der Waals surface area contributed by atoms with Crippen LogP contribution in [0, 0.1) is 0 Å². The van der Waals surface area contributed by atoms with Crippen molar-refractivity contribution in [3.05, 3.63) is 59.8 Å². The number of nitrogens with one attached hydrogen (secondary N) is 2. The third-order valence-corrected chi connectivity index (χ3v) is 5.55. The zero-order valence-electron chi connectivity index (χ0n) is 15.6. The van der Waals surface area contributed by atoms with Crippen LogP contribution in [0.5, 0.6) is 0 Å². The van der Waals surface area contributed by atoms with Gasteiger partial charge < -0.3 is 10.6 Å². The quantitative estimate of drug-likeness (QED) is 0.565. The minimum Gasteiger partial charge on any atom is -0.328 e. The highest BCUT2D eigenvalue weighted by Crippen LogP contribution is 2.34. The third kappa shape index (κ3) is 3.39. The van der Waals surface area contributed by atoms with E-state index >= 15 is 0 Å². The van der Waals surface area contributed by atoms with Crippen molar-refractivity contribution in [3.63, 3.8) is 0 Å². The average molecular weight is 414 g/mol. The van der Waals surface area contributed by atoms with E-state index in [0.29, 0.717) is 22.9 Å². The maximum Gasteiger partial charge on any atom is 0.255 e. The molecular formula is C17H18N8O3S. The Bertz CT molecular complexity index is 1220. The molecule has 1 aromatic carbocycles. The molecule has 29 heavy (non-hydrogen) atoms. The van der Waals surface area contributed by atoms with Crippen molar-refractivity contribution in [3.8, 4) is 0 Å². The first kappa shape index (κ1) is 18.8. The predicted octanol–water partition coefficient (Wildman–Crippen LogP) is 0.587. The molecule has 1 amide bonds. The summed E-state index contributed by atoms with van der Waals surface area (Å²) in [6.45, 7) is 1.78. The van der Waals surface area contributed by atoms with Gasteiger partial charge in [-0.1, -0.05) is 0 Å². The molecule has 0 unspecified atom stereocenters. The summed E-state index contributed by atoms with van der Waals surface area (Å²) in [5, 5.41) is 19.4. The molecule has 2 aromatic heterocycles. The second kappa shape index (κ2) is 6.83. The summed E-state index contributed by atoms with van der Waals surface area (Å²) in [4.78, 5) is 17.3. The lowest BCUT2D eigenvalue weighted by Crippen LogP contribution is -2.32. The van der Waals surface area contributed by atoms with Crippen molar-refractivity contribution >= 4 is 27.6 Å². The van der Waals surface area contributed by atoms with E-state index in [4.69, 9.17) is 5.14 Å². The van der Waals surface area contributed by atoms with Crippen molar-refractivity contribution < 1.29 is 13.2 Å². The molecule has 150 valence electrons. The Kier molecular flexibility index (Phi) is 4.43. The Balaban J connectivity index is 1.70. The van der Waals surface area contributed by atoms with Gasteiger partial charge in [0.2, 0.25) is 16.0 Å². The number of amides is 1. The lowest BCUT2D eigenvalue weighted by atomic mass is 9.99. The van der Waals surface area contributed by atoms with Gasteiger partial charge in [0.1, 0.15) is 12.4 Å². The summed E-state index contributed by atoms with van der Waals surface area (Å²) in [6.07, 6.45) is 3.05. The smallest absolute Gasteiger partial charge is 0.255 e.